The summed E-state index contributed by atoms with van der Waals surface area (Å²) in [5.74, 6) is -1.04. The van der Waals surface area contributed by atoms with Gasteiger partial charge in [-0.25, -0.2) is 9.97 Å². The molecule has 0 unspecified atom stereocenters. The normalized spacial score (nSPS) is 14.3. The zero-order valence-corrected chi connectivity index (χ0v) is 32.2. The largest absolute Gasteiger partial charge is 0.481 e. The van der Waals surface area contributed by atoms with Gasteiger partial charge in [-0.15, -0.1) is 0 Å². The van der Waals surface area contributed by atoms with Crippen LogP contribution in [-0.2, 0) is 49.6 Å². The van der Waals surface area contributed by atoms with Crippen LogP contribution in [-0.4, -0.2) is 90.9 Å². The quantitative estimate of drug-likeness (QED) is 0.127. The van der Waals surface area contributed by atoms with Gasteiger partial charge in [0.05, 0.1) is 32.8 Å². The minimum Gasteiger partial charge on any atom is -0.481 e. The first-order valence-electron chi connectivity index (χ1n) is 18.1. The molecular formula is C38H45Cl2N9O5. The third-order valence-corrected chi connectivity index (χ3v) is 10.9. The van der Waals surface area contributed by atoms with Gasteiger partial charge < -0.3 is 30.2 Å². The minimum atomic E-state index is -0.789. The molecule has 2 aliphatic heterocycles. The van der Waals surface area contributed by atoms with Gasteiger partial charge in [0.25, 0.3) is 11.8 Å². The maximum atomic E-state index is 13.6. The molecule has 54 heavy (non-hydrogen) atoms. The number of aliphatic carboxylic acids is 1. The van der Waals surface area contributed by atoms with Crippen LogP contribution in [0, 0.1) is 0 Å². The fourth-order valence-corrected chi connectivity index (χ4v) is 7.73. The zero-order valence-electron chi connectivity index (χ0n) is 30.7. The average molecular weight is 779 g/mol. The van der Waals surface area contributed by atoms with E-state index in [0.29, 0.717) is 48.4 Å². The summed E-state index contributed by atoms with van der Waals surface area (Å²) in [6.45, 7) is 4.35. The van der Waals surface area contributed by atoms with Gasteiger partial charge in [-0.1, -0.05) is 47.5 Å². The van der Waals surface area contributed by atoms with Gasteiger partial charge in [-0.3, -0.25) is 29.0 Å². The van der Waals surface area contributed by atoms with Gasteiger partial charge in [0.15, 0.2) is 11.6 Å². The van der Waals surface area contributed by atoms with E-state index in [-0.39, 0.29) is 34.0 Å². The number of amides is 3. The standard InChI is InChI=1S/C38H45Cl2N9O5/c1-41-31(50)13-8-18-49-20-16-30-28(22-49)43-36(47(30)3)38(54)45-26-12-7-10-24(34(26)40)23-9-6-11-25(33(23)39)44-37(53)35-42-27-21-48(17-5-4-14-32(51)52)19-15-29(27)46(35)2/h6-7,9-12H,4-5,8,13-22H2,1-3H3,(H,41,50)(H,44,53)(H,45,54)(H,51,52). The molecule has 0 saturated carbocycles. The second-order valence-corrected chi connectivity index (χ2v) is 14.5. The van der Waals surface area contributed by atoms with Crippen molar-refractivity contribution in [1.82, 2.24) is 34.2 Å². The summed E-state index contributed by atoms with van der Waals surface area (Å²) >= 11 is 13.8. The lowest BCUT2D eigenvalue weighted by atomic mass is 10.0. The van der Waals surface area contributed by atoms with E-state index >= 15 is 0 Å². The second-order valence-electron chi connectivity index (χ2n) is 13.7. The van der Waals surface area contributed by atoms with Crippen LogP contribution in [0.2, 0.25) is 10.0 Å². The molecule has 0 aliphatic carbocycles. The van der Waals surface area contributed by atoms with Crippen LogP contribution in [0.25, 0.3) is 11.1 Å². The molecule has 0 fully saturated rings. The van der Waals surface area contributed by atoms with E-state index in [1.54, 1.807) is 43.4 Å². The molecular weight excluding hydrogens is 733 g/mol. The Morgan fingerprint density at radius 2 is 1.20 bits per heavy atom. The number of hydrogen-bond acceptors (Lipinski definition) is 8. The Kier molecular flexibility index (Phi) is 12.4. The van der Waals surface area contributed by atoms with Crippen molar-refractivity contribution in [3.63, 3.8) is 0 Å². The molecule has 4 aromatic rings. The summed E-state index contributed by atoms with van der Waals surface area (Å²) in [5.41, 5.74) is 5.58. The monoisotopic (exact) mass is 777 g/mol. The first kappa shape index (κ1) is 38.9. The molecule has 0 spiro atoms. The van der Waals surface area contributed by atoms with Gasteiger partial charge in [-0.05, 0) is 44.5 Å². The molecule has 2 aliphatic rings. The number of imidazole rings is 2. The van der Waals surface area contributed by atoms with Crippen LogP contribution >= 0.6 is 23.2 Å². The number of carbonyl (C=O) groups is 4. The number of hydrogen-bond donors (Lipinski definition) is 4. The van der Waals surface area contributed by atoms with Crippen molar-refractivity contribution < 1.29 is 24.3 Å². The lowest BCUT2D eigenvalue weighted by Crippen LogP contribution is -2.32. The van der Waals surface area contributed by atoms with Crippen molar-refractivity contribution in [2.24, 2.45) is 14.1 Å². The molecule has 0 saturated heterocycles. The summed E-state index contributed by atoms with van der Waals surface area (Å²) < 4.78 is 3.64. The number of carboxylic acid groups (broad SMARTS) is 1. The SMILES string of the molecule is CNC(=O)CCCN1CCc2c(nc(C(=O)Nc3cccc(-c4cccc(NC(=O)c5nc6c(n5C)CCN(CCCCC(=O)O)C6)c4Cl)c3Cl)n2C)C1. The number of halogens is 2. The average Bonchev–Trinajstić information content (AvgIpc) is 3.67. The molecule has 2 aromatic heterocycles. The maximum absolute atomic E-state index is 13.6. The molecule has 0 bridgehead atoms. The molecule has 14 nitrogen and oxygen atoms in total. The third-order valence-electron chi connectivity index (χ3n) is 10.1. The van der Waals surface area contributed by atoms with Crippen molar-refractivity contribution in [2.75, 3.05) is 43.9 Å². The summed E-state index contributed by atoms with van der Waals surface area (Å²) in [5, 5.41) is 18.0. The Morgan fingerprint density at radius 1 is 0.722 bits per heavy atom. The van der Waals surface area contributed by atoms with Crippen molar-refractivity contribution in [1.29, 1.82) is 0 Å². The number of anilines is 2. The van der Waals surface area contributed by atoms with Gasteiger partial charge in [-0.2, -0.15) is 0 Å². The predicted molar refractivity (Wildman–Crippen MR) is 207 cm³/mol. The fourth-order valence-electron chi connectivity index (χ4n) is 7.18. The number of benzene rings is 2. The molecule has 3 amide bonds. The van der Waals surface area contributed by atoms with Crippen LogP contribution in [0.1, 0.15) is 76.1 Å². The van der Waals surface area contributed by atoms with Gasteiger partial charge >= 0.3 is 5.97 Å². The van der Waals surface area contributed by atoms with E-state index in [2.05, 4.69) is 30.7 Å². The Hall–Kier alpha value is -4.76. The van der Waals surface area contributed by atoms with Crippen molar-refractivity contribution in [3.05, 3.63) is 80.9 Å². The number of nitrogens with one attached hydrogen (secondary N) is 3. The topological polar surface area (TPSA) is 167 Å². The van der Waals surface area contributed by atoms with E-state index in [9.17, 15) is 19.2 Å². The lowest BCUT2D eigenvalue weighted by Gasteiger charge is -2.26. The molecule has 16 heteroatoms. The fraction of sp³-hybridized carbons (Fsp3) is 0.421. The molecule has 4 heterocycles. The second kappa shape index (κ2) is 17.1. The van der Waals surface area contributed by atoms with Crippen LogP contribution in [0.4, 0.5) is 11.4 Å². The highest BCUT2D eigenvalue weighted by Gasteiger charge is 2.28. The third kappa shape index (κ3) is 8.62. The molecule has 0 radical (unpaired) electrons. The van der Waals surface area contributed by atoms with E-state index in [1.807, 2.05) is 23.2 Å². The van der Waals surface area contributed by atoms with Crippen molar-refractivity contribution in [3.8, 4) is 11.1 Å². The van der Waals surface area contributed by atoms with Crippen LogP contribution in [0.5, 0.6) is 0 Å². The van der Waals surface area contributed by atoms with Crippen molar-refractivity contribution >= 4 is 58.3 Å². The van der Waals surface area contributed by atoms with Crippen LogP contribution in [0.3, 0.4) is 0 Å². The highest BCUT2D eigenvalue weighted by molar-refractivity contribution is 6.40. The number of unbranched alkanes of at least 4 members (excludes halogenated alkanes) is 1. The Balaban J connectivity index is 1.13. The summed E-state index contributed by atoms with van der Waals surface area (Å²) in [7, 11) is 5.30. The van der Waals surface area contributed by atoms with Crippen LogP contribution in [0.15, 0.2) is 36.4 Å². The highest BCUT2D eigenvalue weighted by atomic mass is 35.5. The highest BCUT2D eigenvalue weighted by Crippen LogP contribution is 2.40. The van der Waals surface area contributed by atoms with E-state index < -0.39 is 17.8 Å². The summed E-state index contributed by atoms with van der Waals surface area (Å²) in [6, 6.07) is 10.5. The maximum Gasteiger partial charge on any atom is 0.303 e. The number of carboxylic acids is 1. The van der Waals surface area contributed by atoms with Gasteiger partial charge in [0.1, 0.15) is 0 Å². The predicted octanol–water partition coefficient (Wildman–Crippen LogP) is 5.13. The molecule has 4 N–H and O–H groups in total. The number of nitrogens with zero attached hydrogens (tertiary/aromatic N) is 6. The van der Waals surface area contributed by atoms with Crippen molar-refractivity contribution in [2.45, 2.75) is 58.0 Å². The Labute approximate surface area is 323 Å². The zero-order chi connectivity index (χ0) is 38.5. The Bertz CT molecular complexity index is 2080. The number of rotatable bonds is 14. The van der Waals surface area contributed by atoms with E-state index in [4.69, 9.17) is 33.3 Å². The van der Waals surface area contributed by atoms with Gasteiger partial charge in [0, 0.05) is 95.5 Å². The summed E-state index contributed by atoms with van der Waals surface area (Å²) in [4.78, 5) is 63.5. The van der Waals surface area contributed by atoms with E-state index in [0.717, 1.165) is 74.6 Å². The van der Waals surface area contributed by atoms with Crippen LogP contribution < -0.4 is 16.0 Å². The first-order valence-corrected chi connectivity index (χ1v) is 18.9. The number of carbonyl (C=O) groups excluding carboxylic acids is 3. The summed E-state index contributed by atoms with van der Waals surface area (Å²) in [6.07, 6.45) is 4.24. The van der Waals surface area contributed by atoms with Gasteiger partial charge in [0.2, 0.25) is 5.91 Å². The number of fused-ring (bicyclic) bond motifs is 2. The smallest absolute Gasteiger partial charge is 0.303 e. The number of aromatic nitrogens is 4. The Morgan fingerprint density at radius 3 is 1.67 bits per heavy atom. The lowest BCUT2D eigenvalue weighted by molar-refractivity contribution is -0.137. The first-order chi connectivity index (χ1) is 25.9. The molecule has 0 atom stereocenters. The van der Waals surface area contributed by atoms with E-state index in [1.165, 1.54) is 0 Å². The molecule has 6 rings (SSSR count). The minimum absolute atomic E-state index is 0.0193. The molecule has 2 aromatic carbocycles. The molecule has 286 valence electrons.